The van der Waals surface area contributed by atoms with Gasteiger partial charge in [-0.15, -0.1) is 5.10 Å². The first kappa shape index (κ1) is 11.9. The molecule has 0 atom stereocenters. The molecular weight excluding hydrogens is 239 g/mol. The zero-order valence-corrected chi connectivity index (χ0v) is 9.91. The number of carbonyl (C=O) groups excluding carboxylic acids is 1. The summed E-state index contributed by atoms with van der Waals surface area (Å²) >= 11 is 2.94. The average molecular weight is 243 g/mol. The molecule has 6 nitrogen and oxygen atoms in total. The van der Waals surface area contributed by atoms with Crippen LogP contribution in [0.1, 0.15) is 0 Å². The summed E-state index contributed by atoms with van der Waals surface area (Å²) in [5, 5.41) is 13.7. The molecular formula is C4H4BrN4NaO2. The number of aliphatic carboxylic acids is 1. The van der Waals surface area contributed by atoms with Crippen LogP contribution in [0.15, 0.2) is 4.73 Å². The van der Waals surface area contributed by atoms with Crippen LogP contribution in [0.25, 0.3) is 0 Å². The molecule has 0 saturated carbocycles. The summed E-state index contributed by atoms with van der Waals surface area (Å²) in [6.45, 7) is -0.384. The normalized spacial score (nSPS) is 9.08. The number of carbonyl (C=O) groups is 1. The van der Waals surface area contributed by atoms with Crippen LogP contribution in [-0.4, -0.2) is 20.7 Å². The van der Waals surface area contributed by atoms with Gasteiger partial charge in [-0.1, -0.05) is 0 Å². The Morgan fingerprint density at radius 3 is 2.67 bits per heavy atom. The predicted molar refractivity (Wildman–Crippen MR) is 37.1 cm³/mol. The van der Waals surface area contributed by atoms with E-state index in [0.717, 1.165) is 4.68 Å². The Morgan fingerprint density at radius 2 is 2.33 bits per heavy atom. The molecule has 60 valence electrons. The molecule has 0 aliphatic rings. The van der Waals surface area contributed by atoms with E-state index in [-0.39, 0.29) is 46.8 Å². The van der Waals surface area contributed by atoms with E-state index in [4.69, 9.17) is 5.73 Å². The molecule has 0 radical (unpaired) electrons. The van der Waals surface area contributed by atoms with Crippen molar-refractivity contribution in [2.45, 2.75) is 6.54 Å². The van der Waals surface area contributed by atoms with Crippen LogP contribution >= 0.6 is 15.9 Å². The average Bonchev–Trinajstić information content (AvgIpc) is 2.09. The van der Waals surface area contributed by atoms with Crippen molar-refractivity contribution >= 4 is 27.8 Å². The summed E-state index contributed by atoms with van der Waals surface area (Å²) in [4.78, 5) is 13.7. The molecule has 1 aromatic heterocycles. The zero-order chi connectivity index (χ0) is 8.43. The Bertz CT molecular complexity index is 289. The molecule has 0 fully saturated rings. The van der Waals surface area contributed by atoms with Crippen LogP contribution in [0.5, 0.6) is 0 Å². The summed E-state index contributed by atoms with van der Waals surface area (Å²) in [6.07, 6.45) is 0. The van der Waals surface area contributed by atoms with Gasteiger partial charge in [-0.2, -0.15) is 4.98 Å². The molecule has 0 spiro atoms. The SMILES string of the molecule is Nc1nc(Br)nn1CC(=O)[O-].[Na+]. The van der Waals surface area contributed by atoms with E-state index in [1.807, 2.05) is 0 Å². The monoisotopic (exact) mass is 242 g/mol. The quantitative estimate of drug-likeness (QED) is 0.527. The maximum atomic E-state index is 10.1. The molecule has 0 bridgehead atoms. The molecule has 0 unspecified atom stereocenters. The van der Waals surface area contributed by atoms with Gasteiger partial charge in [0.2, 0.25) is 10.7 Å². The summed E-state index contributed by atoms with van der Waals surface area (Å²) in [5.41, 5.74) is 5.26. The third kappa shape index (κ3) is 3.10. The van der Waals surface area contributed by atoms with E-state index in [1.165, 1.54) is 0 Å². The number of anilines is 1. The molecule has 0 saturated heterocycles. The van der Waals surface area contributed by atoms with Gasteiger partial charge >= 0.3 is 29.6 Å². The van der Waals surface area contributed by atoms with Crippen molar-refractivity contribution < 1.29 is 39.5 Å². The van der Waals surface area contributed by atoms with Crippen molar-refractivity contribution in [1.82, 2.24) is 14.8 Å². The molecule has 0 aliphatic carbocycles. The van der Waals surface area contributed by atoms with E-state index in [9.17, 15) is 9.90 Å². The third-order valence-corrected chi connectivity index (χ3v) is 1.29. The van der Waals surface area contributed by atoms with Crippen molar-refractivity contribution in [3.63, 3.8) is 0 Å². The Kier molecular flexibility index (Phi) is 4.76. The Labute approximate surface area is 98.6 Å². The van der Waals surface area contributed by atoms with E-state index in [2.05, 4.69) is 26.0 Å². The first-order valence-corrected chi connectivity index (χ1v) is 3.44. The van der Waals surface area contributed by atoms with Crippen LogP contribution in [0.4, 0.5) is 5.95 Å². The second-order valence-corrected chi connectivity index (χ2v) is 2.48. The third-order valence-electron chi connectivity index (χ3n) is 0.953. The van der Waals surface area contributed by atoms with E-state index >= 15 is 0 Å². The van der Waals surface area contributed by atoms with E-state index in [1.54, 1.807) is 0 Å². The minimum absolute atomic E-state index is 0. The molecule has 1 heterocycles. The Hall–Kier alpha value is -0.110. The number of nitrogen functional groups attached to an aromatic ring is 1. The fraction of sp³-hybridized carbons (Fsp3) is 0.250. The van der Waals surface area contributed by atoms with Gasteiger partial charge in [0.1, 0.15) is 0 Å². The van der Waals surface area contributed by atoms with Crippen molar-refractivity contribution in [1.29, 1.82) is 0 Å². The minimum Gasteiger partial charge on any atom is -0.548 e. The topological polar surface area (TPSA) is 96.9 Å². The molecule has 1 aromatic rings. The summed E-state index contributed by atoms with van der Waals surface area (Å²) in [7, 11) is 0. The second kappa shape index (κ2) is 4.80. The van der Waals surface area contributed by atoms with Crippen LogP contribution in [0, 0.1) is 0 Å². The largest absolute Gasteiger partial charge is 1.00 e. The van der Waals surface area contributed by atoms with Gasteiger partial charge in [-0.25, -0.2) is 4.68 Å². The van der Waals surface area contributed by atoms with E-state index < -0.39 is 5.97 Å². The second-order valence-electron chi connectivity index (χ2n) is 1.77. The molecule has 0 amide bonds. The van der Waals surface area contributed by atoms with E-state index in [0.29, 0.717) is 0 Å². The number of halogens is 1. The van der Waals surface area contributed by atoms with Gasteiger partial charge in [-0.05, 0) is 15.9 Å². The number of carboxylic acid groups (broad SMARTS) is 1. The Morgan fingerprint density at radius 1 is 1.75 bits per heavy atom. The maximum Gasteiger partial charge on any atom is 1.00 e. The molecule has 0 aliphatic heterocycles. The number of hydrogen-bond acceptors (Lipinski definition) is 5. The van der Waals surface area contributed by atoms with Gasteiger partial charge in [0.05, 0.1) is 12.5 Å². The fourth-order valence-corrected chi connectivity index (χ4v) is 0.937. The fourth-order valence-electron chi connectivity index (χ4n) is 0.564. The summed E-state index contributed by atoms with van der Waals surface area (Å²) in [6, 6.07) is 0. The van der Waals surface area contributed by atoms with Gasteiger partial charge < -0.3 is 15.6 Å². The van der Waals surface area contributed by atoms with Crippen LogP contribution in [0.3, 0.4) is 0 Å². The van der Waals surface area contributed by atoms with Crippen LogP contribution < -0.4 is 40.4 Å². The molecule has 0 aromatic carbocycles. The maximum absolute atomic E-state index is 10.1. The number of nitrogens with zero attached hydrogens (tertiary/aromatic N) is 3. The van der Waals surface area contributed by atoms with Gasteiger partial charge in [0.15, 0.2) is 0 Å². The van der Waals surface area contributed by atoms with Crippen LogP contribution in [0.2, 0.25) is 0 Å². The van der Waals surface area contributed by atoms with Crippen LogP contribution in [-0.2, 0) is 11.3 Å². The van der Waals surface area contributed by atoms with Crippen molar-refractivity contribution in [3.8, 4) is 0 Å². The number of carboxylic acids is 1. The number of rotatable bonds is 2. The van der Waals surface area contributed by atoms with Crippen molar-refractivity contribution in [2.24, 2.45) is 0 Å². The Balaban J connectivity index is 0.00000121. The molecule has 2 N–H and O–H groups in total. The predicted octanol–water partition coefficient (Wildman–Crippen LogP) is -4.62. The van der Waals surface area contributed by atoms with Gasteiger partial charge in [0.25, 0.3) is 0 Å². The first-order chi connectivity index (χ1) is 5.09. The summed E-state index contributed by atoms with van der Waals surface area (Å²) in [5.74, 6) is -1.21. The zero-order valence-electron chi connectivity index (χ0n) is 6.32. The minimum atomic E-state index is -1.26. The van der Waals surface area contributed by atoms with Gasteiger partial charge in [-0.3, -0.25) is 0 Å². The number of aromatic nitrogens is 3. The number of hydrogen-bond donors (Lipinski definition) is 1. The molecule has 8 heteroatoms. The van der Waals surface area contributed by atoms with Gasteiger partial charge in [0, 0.05) is 0 Å². The first-order valence-electron chi connectivity index (χ1n) is 2.65. The standard InChI is InChI=1S/C4H5BrN4O2.Na/c5-3-7-4(6)9(8-3)1-2(10)11;/h1H2,(H,10,11)(H2,6,7,8);/q;+1/p-1. The van der Waals surface area contributed by atoms with Crippen molar-refractivity contribution in [3.05, 3.63) is 4.73 Å². The molecule has 1 rings (SSSR count). The smallest absolute Gasteiger partial charge is 0.548 e. The summed E-state index contributed by atoms with van der Waals surface area (Å²) < 4.78 is 1.29. The molecule has 12 heavy (non-hydrogen) atoms. The van der Waals surface area contributed by atoms with Crippen molar-refractivity contribution in [2.75, 3.05) is 5.73 Å². The number of nitrogens with two attached hydrogens (primary N) is 1.